The van der Waals surface area contributed by atoms with Crippen LogP contribution in [-0.4, -0.2) is 12.3 Å². The molecule has 0 fully saturated rings. The first-order chi connectivity index (χ1) is 6.33. The molecule has 2 rings (SSSR count). The number of hydrogen-bond donors (Lipinski definition) is 1. The van der Waals surface area contributed by atoms with E-state index in [1.54, 1.807) is 11.3 Å². The van der Waals surface area contributed by atoms with Crippen molar-refractivity contribution in [3.63, 3.8) is 0 Å². The third-order valence-electron chi connectivity index (χ3n) is 1.97. The van der Waals surface area contributed by atoms with Gasteiger partial charge in [0.1, 0.15) is 0 Å². The van der Waals surface area contributed by atoms with Crippen molar-refractivity contribution in [1.82, 2.24) is 0 Å². The maximum absolute atomic E-state index is 11.4. The van der Waals surface area contributed by atoms with E-state index in [0.717, 1.165) is 15.6 Å². The fourth-order valence-electron chi connectivity index (χ4n) is 1.30. The van der Waals surface area contributed by atoms with E-state index >= 15 is 0 Å². The molecule has 4 heteroatoms. The number of rotatable bonds is 2. The summed E-state index contributed by atoms with van der Waals surface area (Å²) in [5, 5.41) is 2.89. The summed E-state index contributed by atoms with van der Waals surface area (Å²) in [6, 6.07) is 7.86. The Balaban J connectivity index is 0.000000980. The molecule has 0 saturated carbocycles. The van der Waals surface area contributed by atoms with Gasteiger partial charge in [0, 0.05) is 21.0 Å². The van der Waals surface area contributed by atoms with Gasteiger partial charge < -0.3 is 5.73 Å². The Morgan fingerprint density at radius 1 is 1.36 bits per heavy atom. The van der Waals surface area contributed by atoms with Gasteiger partial charge in [0.15, 0.2) is 5.78 Å². The first-order valence-electron chi connectivity index (χ1n) is 4.02. The largest absolute Gasteiger partial charge is 0.324 e. The van der Waals surface area contributed by atoms with Crippen LogP contribution < -0.4 is 5.73 Å². The van der Waals surface area contributed by atoms with Crippen LogP contribution >= 0.6 is 23.7 Å². The lowest BCUT2D eigenvalue weighted by Crippen LogP contribution is -2.12. The smallest absolute Gasteiger partial charge is 0.177 e. The van der Waals surface area contributed by atoms with Gasteiger partial charge in [0.25, 0.3) is 0 Å². The molecular formula is C10H10ClNOS. The lowest BCUT2D eigenvalue weighted by molar-refractivity contribution is 0.100. The van der Waals surface area contributed by atoms with Crippen molar-refractivity contribution >= 4 is 39.6 Å². The van der Waals surface area contributed by atoms with Gasteiger partial charge >= 0.3 is 0 Å². The number of fused-ring (bicyclic) bond motifs is 1. The molecule has 0 atom stereocenters. The summed E-state index contributed by atoms with van der Waals surface area (Å²) in [5.74, 6) is 0.0115. The molecule has 0 aliphatic rings. The lowest BCUT2D eigenvalue weighted by Gasteiger charge is -1.93. The molecule has 0 aliphatic heterocycles. The normalized spacial score (nSPS) is 9.79. The zero-order chi connectivity index (χ0) is 9.26. The van der Waals surface area contributed by atoms with Crippen molar-refractivity contribution in [3.05, 3.63) is 35.2 Å². The molecule has 1 aromatic heterocycles. The molecule has 2 nitrogen and oxygen atoms in total. The van der Waals surface area contributed by atoms with E-state index < -0.39 is 0 Å². The summed E-state index contributed by atoms with van der Waals surface area (Å²) in [4.78, 5) is 11.4. The Morgan fingerprint density at radius 2 is 2.07 bits per heavy atom. The van der Waals surface area contributed by atoms with Crippen molar-refractivity contribution in [1.29, 1.82) is 0 Å². The molecule has 0 radical (unpaired) electrons. The van der Waals surface area contributed by atoms with Crippen LogP contribution in [0.3, 0.4) is 0 Å². The average Bonchev–Trinajstić information content (AvgIpc) is 2.60. The monoisotopic (exact) mass is 227 g/mol. The van der Waals surface area contributed by atoms with E-state index in [2.05, 4.69) is 0 Å². The van der Waals surface area contributed by atoms with E-state index in [9.17, 15) is 4.79 Å². The Morgan fingerprint density at radius 3 is 2.79 bits per heavy atom. The Hall–Kier alpha value is -0.900. The van der Waals surface area contributed by atoms with Crippen LogP contribution in [0.2, 0.25) is 0 Å². The molecule has 1 heterocycles. The fraction of sp³-hybridized carbons (Fsp3) is 0.100. The van der Waals surface area contributed by atoms with Crippen molar-refractivity contribution in [2.45, 2.75) is 0 Å². The van der Waals surface area contributed by atoms with Crippen LogP contribution in [0, 0.1) is 0 Å². The van der Waals surface area contributed by atoms with Gasteiger partial charge in [-0.1, -0.05) is 18.2 Å². The fourth-order valence-corrected chi connectivity index (χ4v) is 2.27. The number of halogens is 1. The van der Waals surface area contributed by atoms with Gasteiger partial charge in [-0.25, -0.2) is 0 Å². The SMILES string of the molecule is Cl.NCC(=O)c1csc2ccccc12. The zero-order valence-electron chi connectivity index (χ0n) is 7.40. The topological polar surface area (TPSA) is 43.1 Å². The quantitative estimate of drug-likeness (QED) is 0.801. The molecule has 0 spiro atoms. The molecule has 14 heavy (non-hydrogen) atoms. The van der Waals surface area contributed by atoms with Crippen molar-refractivity contribution in [2.75, 3.05) is 6.54 Å². The third-order valence-corrected chi connectivity index (χ3v) is 2.93. The van der Waals surface area contributed by atoms with Crippen molar-refractivity contribution in [2.24, 2.45) is 5.73 Å². The molecule has 74 valence electrons. The minimum atomic E-state index is 0. The number of ketones is 1. The van der Waals surface area contributed by atoms with E-state index in [1.165, 1.54) is 0 Å². The molecule has 0 bridgehead atoms. The molecule has 0 unspecified atom stereocenters. The van der Waals surface area contributed by atoms with Crippen LogP contribution in [0.5, 0.6) is 0 Å². The van der Waals surface area contributed by atoms with Gasteiger partial charge in [0.2, 0.25) is 0 Å². The van der Waals surface area contributed by atoms with E-state index in [4.69, 9.17) is 5.73 Å². The van der Waals surface area contributed by atoms with Crippen LogP contribution in [0.25, 0.3) is 10.1 Å². The van der Waals surface area contributed by atoms with Crippen LogP contribution in [0.15, 0.2) is 29.6 Å². The lowest BCUT2D eigenvalue weighted by atomic mass is 10.1. The van der Waals surface area contributed by atoms with Crippen LogP contribution in [0.4, 0.5) is 0 Å². The summed E-state index contributed by atoms with van der Waals surface area (Å²) < 4.78 is 1.14. The second-order valence-corrected chi connectivity index (χ2v) is 3.68. The number of nitrogens with two attached hydrogens (primary N) is 1. The first-order valence-corrected chi connectivity index (χ1v) is 4.90. The molecule has 1 aromatic carbocycles. The van der Waals surface area contributed by atoms with Gasteiger partial charge in [-0.3, -0.25) is 4.79 Å². The highest BCUT2D eigenvalue weighted by Crippen LogP contribution is 2.25. The second kappa shape index (κ2) is 4.55. The Kier molecular flexibility index (Phi) is 3.63. The molecular weight excluding hydrogens is 218 g/mol. The summed E-state index contributed by atoms with van der Waals surface area (Å²) in [6.07, 6.45) is 0. The number of carbonyl (C=O) groups is 1. The highest BCUT2D eigenvalue weighted by Gasteiger charge is 2.09. The molecule has 0 amide bonds. The molecule has 0 saturated heterocycles. The van der Waals surface area contributed by atoms with Gasteiger partial charge in [0.05, 0.1) is 6.54 Å². The number of benzene rings is 1. The minimum absolute atomic E-state index is 0. The Labute approximate surface area is 92.1 Å². The zero-order valence-corrected chi connectivity index (χ0v) is 9.03. The van der Waals surface area contributed by atoms with Gasteiger partial charge in [-0.2, -0.15) is 0 Å². The van der Waals surface area contributed by atoms with E-state index in [1.807, 2.05) is 29.6 Å². The van der Waals surface area contributed by atoms with E-state index in [-0.39, 0.29) is 24.7 Å². The maximum atomic E-state index is 11.4. The van der Waals surface area contributed by atoms with Gasteiger partial charge in [-0.05, 0) is 6.07 Å². The van der Waals surface area contributed by atoms with Gasteiger partial charge in [-0.15, -0.1) is 23.7 Å². The first kappa shape index (κ1) is 11.2. The number of thiophene rings is 1. The third kappa shape index (κ3) is 1.80. The predicted molar refractivity (Wildman–Crippen MR) is 62.5 cm³/mol. The number of Topliss-reactive ketones (excluding diaryl/α,β-unsaturated/α-hetero) is 1. The average molecular weight is 228 g/mol. The second-order valence-electron chi connectivity index (χ2n) is 2.77. The number of hydrogen-bond acceptors (Lipinski definition) is 3. The van der Waals surface area contributed by atoms with Crippen molar-refractivity contribution < 1.29 is 4.79 Å². The van der Waals surface area contributed by atoms with Crippen LogP contribution in [-0.2, 0) is 0 Å². The van der Waals surface area contributed by atoms with Crippen LogP contribution in [0.1, 0.15) is 10.4 Å². The molecule has 2 aromatic rings. The molecule has 2 N–H and O–H groups in total. The maximum Gasteiger partial charge on any atom is 0.177 e. The minimum Gasteiger partial charge on any atom is -0.324 e. The summed E-state index contributed by atoms with van der Waals surface area (Å²) in [7, 11) is 0. The standard InChI is InChI=1S/C10H9NOS.ClH/c11-5-9(12)8-6-13-10-4-2-1-3-7(8)10;/h1-4,6H,5,11H2;1H. The Bertz CT molecular complexity index is 452. The highest BCUT2D eigenvalue weighted by molar-refractivity contribution is 7.17. The number of carbonyl (C=O) groups excluding carboxylic acids is 1. The summed E-state index contributed by atoms with van der Waals surface area (Å²) in [6.45, 7) is 0.0841. The van der Waals surface area contributed by atoms with Crippen molar-refractivity contribution in [3.8, 4) is 0 Å². The summed E-state index contributed by atoms with van der Waals surface area (Å²) in [5.41, 5.74) is 6.06. The summed E-state index contributed by atoms with van der Waals surface area (Å²) >= 11 is 1.58. The molecule has 0 aliphatic carbocycles. The highest BCUT2D eigenvalue weighted by atomic mass is 35.5. The van der Waals surface area contributed by atoms with E-state index in [0.29, 0.717) is 0 Å². The predicted octanol–water partition coefficient (Wildman–Crippen LogP) is 2.46.